The van der Waals surface area contributed by atoms with Crippen LogP contribution < -0.4 is 15.4 Å². The molecule has 1 aromatic heterocycles. The molecule has 2 amide bonds. The van der Waals surface area contributed by atoms with Crippen molar-refractivity contribution < 1.29 is 14.3 Å². The Morgan fingerprint density at radius 2 is 1.88 bits per heavy atom. The summed E-state index contributed by atoms with van der Waals surface area (Å²) in [6, 6.07) is 12.3. The summed E-state index contributed by atoms with van der Waals surface area (Å²) in [5.41, 5.74) is 3.56. The Morgan fingerprint density at radius 3 is 2.53 bits per heavy atom. The Hall–Kier alpha value is -3.59. The van der Waals surface area contributed by atoms with Gasteiger partial charge in [-0.05, 0) is 68.3 Å². The molecule has 34 heavy (non-hydrogen) atoms. The molecule has 1 heterocycles. The van der Waals surface area contributed by atoms with E-state index in [1.165, 1.54) is 17.3 Å². The first-order chi connectivity index (χ1) is 16.3. The Morgan fingerprint density at radius 1 is 1.15 bits per heavy atom. The lowest BCUT2D eigenvalue weighted by Crippen LogP contribution is -2.28. The number of carbonyl (C=O) groups is 2. The quantitative estimate of drug-likeness (QED) is 0.332. The van der Waals surface area contributed by atoms with Crippen molar-refractivity contribution in [1.29, 1.82) is 0 Å². The second-order valence-corrected chi connectivity index (χ2v) is 8.74. The summed E-state index contributed by atoms with van der Waals surface area (Å²) in [4.78, 5) is 25.1. The highest BCUT2D eigenvalue weighted by molar-refractivity contribution is 7.99. The standard InChI is InChI=1S/C25H29N5O3S/c1-6-13-30-23(18(4)26-24(32)19-8-11-21(33-5)12-9-19)28-29-25(30)34-15-22(31)27-20-10-7-16(2)17(3)14-20/h6-12,14,18H,1,13,15H2,2-5H3,(H,26,32)(H,27,31). The molecule has 1 unspecified atom stereocenters. The van der Waals surface area contributed by atoms with Gasteiger partial charge < -0.3 is 19.9 Å². The van der Waals surface area contributed by atoms with E-state index >= 15 is 0 Å². The van der Waals surface area contributed by atoms with Crippen molar-refractivity contribution in [2.45, 2.75) is 38.5 Å². The zero-order valence-electron chi connectivity index (χ0n) is 19.8. The van der Waals surface area contributed by atoms with Crippen LogP contribution in [0, 0.1) is 13.8 Å². The summed E-state index contributed by atoms with van der Waals surface area (Å²) in [7, 11) is 1.58. The molecule has 0 saturated heterocycles. The van der Waals surface area contributed by atoms with Gasteiger partial charge in [0.2, 0.25) is 5.91 Å². The number of nitrogens with one attached hydrogen (secondary N) is 2. The van der Waals surface area contributed by atoms with Crippen molar-refractivity contribution in [3.05, 3.63) is 77.6 Å². The second kappa shape index (κ2) is 11.5. The monoisotopic (exact) mass is 479 g/mol. The lowest BCUT2D eigenvalue weighted by atomic mass is 10.1. The van der Waals surface area contributed by atoms with Crippen molar-refractivity contribution >= 4 is 29.3 Å². The van der Waals surface area contributed by atoms with Gasteiger partial charge in [-0.3, -0.25) is 9.59 Å². The van der Waals surface area contributed by atoms with Crippen molar-refractivity contribution in [3.63, 3.8) is 0 Å². The summed E-state index contributed by atoms with van der Waals surface area (Å²) < 4.78 is 6.98. The van der Waals surface area contributed by atoms with E-state index in [-0.39, 0.29) is 17.6 Å². The second-order valence-electron chi connectivity index (χ2n) is 7.80. The number of benzene rings is 2. The summed E-state index contributed by atoms with van der Waals surface area (Å²) in [5, 5.41) is 14.9. The first-order valence-electron chi connectivity index (χ1n) is 10.8. The minimum Gasteiger partial charge on any atom is -0.497 e. The number of carbonyl (C=O) groups excluding carboxylic acids is 2. The predicted octanol–water partition coefficient (Wildman–Crippen LogP) is 4.31. The molecule has 0 fully saturated rings. The van der Waals surface area contributed by atoms with Crippen LogP contribution in [0.2, 0.25) is 0 Å². The Labute approximate surface area is 203 Å². The van der Waals surface area contributed by atoms with Crippen LogP contribution >= 0.6 is 11.8 Å². The number of ether oxygens (including phenoxy) is 1. The van der Waals surface area contributed by atoms with Crippen molar-refractivity contribution in [1.82, 2.24) is 20.1 Å². The molecule has 2 aromatic carbocycles. The SMILES string of the molecule is C=CCn1c(SCC(=O)Nc2ccc(C)c(C)c2)nnc1C(C)NC(=O)c1ccc(OC)cc1. The molecule has 178 valence electrons. The molecule has 0 radical (unpaired) electrons. The van der Waals surface area contributed by atoms with Gasteiger partial charge in [-0.25, -0.2) is 0 Å². The number of hydrogen-bond acceptors (Lipinski definition) is 6. The fourth-order valence-corrected chi connectivity index (χ4v) is 4.02. The van der Waals surface area contributed by atoms with E-state index in [4.69, 9.17) is 4.74 Å². The normalized spacial score (nSPS) is 11.5. The van der Waals surface area contributed by atoms with Crippen LogP contribution in [0.25, 0.3) is 0 Å². The maximum Gasteiger partial charge on any atom is 0.251 e. The maximum absolute atomic E-state index is 12.6. The lowest BCUT2D eigenvalue weighted by Gasteiger charge is -2.15. The topological polar surface area (TPSA) is 98.1 Å². The van der Waals surface area contributed by atoms with Crippen molar-refractivity contribution in [3.8, 4) is 5.75 Å². The highest BCUT2D eigenvalue weighted by Gasteiger charge is 2.20. The number of aromatic nitrogens is 3. The summed E-state index contributed by atoms with van der Waals surface area (Å²) >= 11 is 1.28. The highest BCUT2D eigenvalue weighted by Crippen LogP contribution is 2.22. The number of methoxy groups -OCH3 is 1. The molecular weight excluding hydrogens is 450 g/mol. The molecular formula is C25H29N5O3S. The first-order valence-corrected chi connectivity index (χ1v) is 11.8. The third-order valence-corrected chi connectivity index (χ3v) is 6.23. The van der Waals surface area contributed by atoms with E-state index in [2.05, 4.69) is 27.4 Å². The summed E-state index contributed by atoms with van der Waals surface area (Å²) in [6.07, 6.45) is 1.73. The van der Waals surface area contributed by atoms with Crippen LogP contribution in [0.1, 0.15) is 40.3 Å². The van der Waals surface area contributed by atoms with Gasteiger partial charge in [0.25, 0.3) is 5.91 Å². The zero-order valence-corrected chi connectivity index (χ0v) is 20.6. The molecule has 0 bridgehead atoms. The smallest absolute Gasteiger partial charge is 0.251 e. The molecule has 3 rings (SSSR count). The molecule has 0 aliphatic rings. The molecule has 2 N–H and O–H groups in total. The van der Waals surface area contributed by atoms with E-state index in [0.29, 0.717) is 28.8 Å². The Bertz CT molecular complexity index is 1170. The molecule has 9 heteroatoms. The van der Waals surface area contributed by atoms with E-state index in [9.17, 15) is 9.59 Å². The molecule has 0 aliphatic carbocycles. The van der Waals surface area contributed by atoms with Crippen LogP contribution in [0.3, 0.4) is 0 Å². The average Bonchev–Trinajstić information content (AvgIpc) is 3.23. The van der Waals surface area contributed by atoms with Gasteiger partial charge in [0, 0.05) is 17.8 Å². The summed E-state index contributed by atoms with van der Waals surface area (Å²) in [6.45, 7) is 10.1. The van der Waals surface area contributed by atoms with Crippen molar-refractivity contribution in [2.75, 3.05) is 18.2 Å². The maximum atomic E-state index is 12.6. The van der Waals surface area contributed by atoms with E-state index in [1.54, 1.807) is 37.5 Å². The van der Waals surface area contributed by atoms with E-state index in [1.807, 2.05) is 43.5 Å². The van der Waals surface area contributed by atoms with E-state index in [0.717, 1.165) is 11.3 Å². The van der Waals surface area contributed by atoms with Crippen LogP contribution in [-0.4, -0.2) is 39.4 Å². The number of allylic oxidation sites excluding steroid dienone is 1. The fourth-order valence-electron chi connectivity index (χ4n) is 3.26. The minimum absolute atomic E-state index is 0.135. The Balaban J connectivity index is 1.65. The minimum atomic E-state index is -0.402. The third kappa shape index (κ3) is 6.26. The number of hydrogen-bond donors (Lipinski definition) is 2. The van der Waals surface area contributed by atoms with Gasteiger partial charge in [0.15, 0.2) is 11.0 Å². The number of rotatable bonds is 10. The number of thioether (sulfide) groups is 1. The average molecular weight is 480 g/mol. The highest BCUT2D eigenvalue weighted by atomic mass is 32.2. The number of aryl methyl sites for hydroxylation is 2. The summed E-state index contributed by atoms with van der Waals surface area (Å²) in [5.74, 6) is 1.07. The lowest BCUT2D eigenvalue weighted by molar-refractivity contribution is -0.113. The molecule has 1 atom stereocenters. The van der Waals surface area contributed by atoms with Crippen LogP contribution in [0.15, 0.2) is 60.3 Å². The van der Waals surface area contributed by atoms with Gasteiger partial charge in [-0.2, -0.15) is 0 Å². The number of amides is 2. The van der Waals surface area contributed by atoms with Crippen molar-refractivity contribution in [2.24, 2.45) is 0 Å². The van der Waals surface area contributed by atoms with Crippen LogP contribution in [0.5, 0.6) is 5.75 Å². The van der Waals surface area contributed by atoms with Gasteiger partial charge in [0.05, 0.1) is 18.9 Å². The van der Waals surface area contributed by atoms with E-state index < -0.39 is 6.04 Å². The van der Waals surface area contributed by atoms with Gasteiger partial charge >= 0.3 is 0 Å². The zero-order chi connectivity index (χ0) is 24.7. The molecule has 3 aromatic rings. The van der Waals surface area contributed by atoms with Gasteiger partial charge in [-0.15, -0.1) is 16.8 Å². The molecule has 0 aliphatic heterocycles. The van der Waals surface area contributed by atoms with Gasteiger partial charge in [0.1, 0.15) is 5.75 Å². The largest absolute Gasteiger partial charge is 0.497 e. The third-order valence-electron chi connectivity index (χ3n) is 5.27. The molecule has 0 spiro atoms. The fraction of sp³-hybridized carbons (Fsp3) is 0.280. The Kier molecular flexibility index (Phi) is 8.48. The molecule has 0 saturated carbocycles. The van der Waals surface area contributed by atoms with Crippen LogP contribution in [0.4, 0.5) is 5.69 Å². The number of nitrogens with zero attached hydrogens (tertiary/aromatic N) is 3. The van der Waals surface area contributed by atoms with Crippen LogP contribution in [-0.2, 0) is 11.3 Å². The molecule has 8 nitrogen and oxygen atoms in total. The predicted molar refractivity (Wildman–Crippen MR) is 134 cm³/mol. The first kappa shape index (κ1) is 25.0. The van der Waals surface area contributed by atoms with Gasteiger partial charge in [-0.1, -0.05) is 23.9 Å². The number of anilines is 1.